The third-order valence-electron chi connectivity index (χ3n) is 3.25. The number of nitro groups is 1. The molecule has 0 spiro atoms. The third-order valence-corrected chi connectivity index (χ3v) is 3.25. The zero-order valence-electron chi connectivity index (χ0n) is 12.8. The summed E-state index contributed by atoms with van der Waals surface area (Å²) in [5.74, 6) is -1.01. The molecule has 9 heteroatoms. The van der Waals surface area contributed by atoms with Crippen LogP contribution in [0.25, 0.3) is 0 Å². The van der Waals surface area contributed by atoms with E-state index in [9.17, 15) is 14.5 Å². The molecule has 2 aromatic carbocycles. The van der Waals surface area contributed by atoms with E-state index in [-0.39, 0.29) is 23.3 Å². The summed E-state index contributed by atoms with van der Waals surface area (Å²) in [6, 6.07) is 14.7. The van der Waals surface area contributed by atoms with Gasteiger partial charge in [-0.05, 0) is 24.3 Å². The predicted octanol–water partition coefficient (Wildman–Crippen LogP) is 3.59. The highest BCUT2D eigenvalue weighted by Gasteiger charge is 2.23. The van der Waals surface area contributed by atoms with Crippen molar-refractivity contribution in [3.8, 4) is 0 Å². The predicted molar refractivity (Wildman–Crippen MR) is 92.5 cm³/mol. The highest BCUT2D eigenvalue weighted by molar-refractivity contribution is 5.75. The summed E-state index contributed by atoms with van der Waals surface area (Å²) in [5, 5.41) is 16.8. The fraction of sp³-hybridized carbons (Fsp3) is 0. The van der Waals surface area contributed by atoms with Crippen molar-refractivity contribution in [1.29, 1.82) is 0 Å². The topological polar surface area (TPSA) is 119 Å². The first-order valence-electron chi connectivity index (χ1n) is 7.20. The summed E-state index contributed by atoms with van der Waals surface area (Å²) < 4.78 is 13.8. The lowest BCUT2D eigenvalue weighted by Crippen LogP contribution is -2.09. The molecule has 1 heterocycles. The number of nitrogens with two attached hydrogens (primary N) is 1. The molecule has 0 aliphatic rings. The van der Waals surface area contributed by atoms with E-state index in [0.29, 0.717) is 5.69 Å². The maximum absolute atomic E-state index is 13.8. The smallest absolute Gasteiger partial charge is 0.353 e. The first-order valence-corrected chi connectivity index (χ1v) is 7.20. The van der Waals surface area contributed by atoms with E-state index in [1.165, 1.54) is 18.2 Å². The molecule has 0 atom stereocenters. The van der Waals surface area contributed by atoms with Crippen LogP contribution in [0.5, 0.6) is 0 Å². The van der Waals surface area contributed by atoms with Gasteiger partial charge in [-0.15, -0.1) is 0 Å². The quantitative estimate of drug-likeness (QED) is 0.479. The normalized spacial score (nSPS) is 10.3. The molecule has 0 aliphatic heterocycles. The summed E-state index contributed by atoms with van der Waals surface area (Å²) in [4.78, 5) is 18.5. The summed E-state index contributed by atoms with van der Waals surface area (Å²) in [7, 11) is 0. The van der Waals surface area contributed by atoms with E-state index in [0.717, 1.165) is 0 Å². The number of rotatable bonds is 5. The maximum Gasteiger partial charge on any atom is 0.353 e. The Balaban J connectivity index is 2.01. The summed E-state index contributed by atoms with van der Waals surface area (Å²) in [6.07, 6.45) is 0. The van der Waals surface area contributed by atoms with Crippen molar-refractivity contribution in [2.45, 2.75) is 0 Å². The number of nitrogens with one attached hydrogen (secondary N) is 2. The Hall–Kier alpha value is -3.75. The van der Waals surface area contributed by atoms with Crippen LogP contribution in [0.15, 0.2) is 54.6 Å². The summed E-state index contributed by atoms with van der Waals surface area (Å²) in [6.45, 7) is 0. The minimum absolute atomic E-state index is 0.0633. The lowest BCUT2D eigenvalue weighted by Gasteiger charge is -2.11. The first kappa shape index (κ1) is 16.1. The lowest BCUT2D eigenvalue weighted by molar-refractivity contribution is -0.383. The number of nitrogen functional groups attached to an aromatic ring is 1. The van der Waals surface area contributed by atoms with Crippen molar-refractivity contribution in [2.75, 3.05) is 16.4 Å². The van der Waals surface area contributed by atoms with Crippen LogP contribution < -0.4 is 16.4 Å². The molecule has 1 aromatic heterocycles. The SMILES string of the molecule is Nc1nc(Nc2ccccc2F)nc(Nc2ccccc2)c1[N+](=O)[O-]. The molecule has 25 heavy (non-hydrogen) atoms. The molecule has 0 fully saturated rings. The van der Waals surface area contributed by atoms with E-state index in [4.69, 9.17) is 5.73 Å². The Bertz CT molecular complexity index is 920. The Morgan fingerprint density at radius 2 is 1.68 bits per heavy atom. The molecule has 126 valence electrons. The van der Waals surface area contributed by atoms with Crippen molar-refractivity contribution < 1.29 is 9.31 Å². The van der Waals surface area contributed by atoms with Gasteiger partial charge < -0.3 is 16.4 Å². The van der Waals surface area contributed by atoms with Gasteiger partial charge in [-0.1, -0.05) is 30.3 Å². The van der Waals surface area contributed by atoms with Crippen molar-refractivity contribution >= 4 is 34.6 Å². The minimum atomic E-state index is -0.673. The van der Waals surface area contributed by atoms with E-state index < -0.39 is 16.4 Å². The van der Waals surface area contributed by atoms with Gasteiger partial charge in [-0.25, -0.2) is 4.39 Å². The zero-order chi connectivity index (χ0) is 17.8. The van der Waals surface area contributed by atoms with E-state index in [1.807, 2.05) is 0 Å². The van der Waals surface area contributed by atoms with Crippen LogP contribution in [-0.2, 0) is 0 Å². The van der Waals surface area contributed by atoms with Gasteiger partial charge in [0.25, 0.3) is 0 Å². The number of hydrogen-bond acceptors (Lipinski definition) is 7. The Morgan fingerprint density at radius 3 is 2.36 bits per heavy atom. The fourth-order valence-electron chi connectivity index (χ4n) is 2.14. The Morgan fingerprint density at radius 1 is 1.00 bits per heavy atom. The molecule has 0 bridgehead atoms. The number of halogens is 1. The zero-order valence-corrected chi connectivity index (χ0v) is 12.8. The summed E-state index contributed by atoms with van der Waals surface area (Å²) >= 11 is 0. The third kappa shape index (κ3) is 3.61. The lowest BCUT2D eigenvalue weighted by atomic mass is 10.3. The highest BCUT2D eigenvalue weighted by atomic mass is 19.1. The van der Waals surface area contributed by atoms with Crippen molar-refractivity contribution in [3.63, 3.8) is 0 Å². The van der Waals surface area contributed by atoms with Gasteiger partial charge >= 0.3 is 5.69 Å². The second-order valence-corrected chi connectivity index (χ2v) is 4.98. The maximum atomic E-state index is 13.8. The molecule has 3 aromatic rings. The van der Waals surface area contributed by atoms with Crippen molar-refractivity contribution in [1.82, 2.24) is 9.97 Å². The molecular formula is C16H13FN6O2. The van der Waals surface area contributed by atoms with Crippen LogP contribution in [0.2, 0.25) is 0 Å². The molecule has 4 N–H and O–H groups in total. The van der Waals surface area contributed by atoms with Crippen LogP contribution in [0, 0.1) is 15.9 Å². The second-order valence-electron chi connectivity index (χ2n) is 4.98. The van der Waals surface area contributed by atoms with Gasteiger partial charge in [-0.2, -0.15) is 9.97 Å². The van der Waals surface area contributed by atoms with Gasteiger partial charge in [0.15, 0.2) is 0 Å². The number of nitrogens with zero attached hydrogens (tertiary/aromatic N) is 3. The van der Waals surface area contributed by atoms with Gasteiger partial charge in [0.05, 0.1) is 10.6 Å². The first-order chi connectivity index (χ1) is 12.0. The number of anilines is 5. The monoisotopic (exact) mass is 340 g/mol. The van der Waals surface area contributed by atoms with Crippen LogP contribution >= 0.6 is 0 Å². The number of para-hydroxylation sites is 2. The van der Waals surface area contributed by atoms with Crippen LogP contribution in [0.4, 0.5) is 39.0 Å². The molecular weight excluding hydrogens is 327 g/mol. The van der Waals surface area contributed by atoms with Gasteiger partial charge in [0, 0.05) is 5.69 Å². The molecule has 0 saturated heterocycles. The molecule has 3 rings (SSSR count). The number of hydrogen-bond donors (Lipinski definition) is 3. The van der Waals surface area contributed by atoms with E-state index >= 15 is 0 Å². The largest absolute Gasteiger partial charge is 0.378 e. The van der Waals surface area contributed by atoms with Gasteiger partial charge in [0.1, 0.15) is 5.82 Å². The summed E-state index contributed by atoms with van der Waals surface area (Å²) in [5.41, 5.74) is 5.96. The molecule has 0 unspecified atom stereocenters. The minimum Gasteiger partial charge on any atom is -0.378 e. The molecule has 0 amide bonds. The van der Waals surface area contributed by atoms with Crippen molar-refractivity contribution in [3.05, 3.63) is 70.5 Å². The standard InChI is InChI=1S/C16H13FN6O2/c17-11-8-4-5-9-12(11)20-16-21-14(18)13(23(24)25)15(22-16)19-10-6-2-1-3-7-10/h1-9H,(H4,18,19,20,21,22). The molecule has 0 aliphatic carbocycles. The average molecular weight is 340 g/mol. The van der Waals surface area contributed by atoms with Gasteiger partial charge in [0.2, 0.25) is 17.6 Å². The van der Waals surface area contributed by atoms with E-state index in [1.54, 1.807) is 36.4 Å². The molecule has 0 saturated carbocycles. The fourth-order valence-corrected chi connectivity index (χ4v) is 2.14. The Labute approximate surface area is 141 Å². The molecule has 0 radical (unpaired) electrons. The van der Waals surface area contributed by atoms with E-state index in [2.05, 4.69) is 20.6 Å². The highest BCUT2D eigenvalue weighted by Crippen LogP contribution is 2.32. The second kappa shape index (κ2) is 6.79. The number of aromatic nitrogens is 2. The van der Waals surface area contributed by atoms with Gasteiger partial charge in [-0.3, -0.25) is 10.1 Å². The number of benzene rings is 2. The van der Waals surface area contributed by atoms with Crippen LogP contribution in [-0.4, -0.2) is 14.9 Å². The van der Waals surface area contributed by atoms with Crippen molar-refractivity contribution in [2.24, 2.45) is 0 Å². The average Bonchev–Trinajstić information content (AvgIpc) is 2.57. The molecule has 8 nitrogen and oxygen atoms in total. The Kier molecular flexibility index (Phi) is 4.38. The van der Waals surface area contributed by atoms with Crippen LogP contribution in [0.1, 0.15) is 0 Å². The van der Waals surface area contributed by atoms with Crippen LogP contribution in [0.3, 0.4) is 0 Å².